The van der Waals surface area contributed by atoms with Gasteiger partial charge >= 0.3 is 0 Å². The van der Waals surface area contributed by atoms with Gasteiger partial charge in [-0.3, -0.25) is 9.59 Å². The highest BCUT2D eigenvalue weighted by molar-refractivity contribution is 6.04. The molecular weight excluding hydrogens is 420 g/mol. The Morgan fingerprint density at radius 3 is 2.64 bits per heavy atom. The zero-order chi connectivity index (χ0) is 23.1. The number of rotatable bonds is 9. The van der Waals surface area contributed by atoms with Crippen molar-refractivity contribution in [2.75, 3.05) is 26.4 Å². The number of hydrogen-bond acceptors (Lipinski definition) is 6. The molecule has 2 heterocycles. The summed E-state index contributed by atoms with van der Waals surface area (Å²) < 4.78 is 17.3. The molecule has 2 aliphatic heterocycles. The Morgan fingerprint density at radius 1 is 1.12 bits per heavy atom. The lowest BCUT2D eigenvalue weighted by Crippen LogP contribution is -2.15. The van der Waals surface area contributed by atoms with Gasteiger partial charge in [0, 0.05) is 29.9 Å². The van der Waals surface area contributed by atoms with Crippen molar-refractivity contribution in [3.63, 3.8) is 0 Å². The molecule has 1 saturated carbocycles. The first kappa shape index (κ1) is 22.1. The van der Waals surface area contributed by atoms with Crippen LogP contribution in [0.25, 0.3) is 0 Å². The molecule has 174 valence electrons. The predicted octanol–water partition coefficient (Wildman–Crippen LogP) is 4.03. The van der Waals surface area contributed by atoms with E-state index in [2.05, 4.69) is 0 Å². The molecule has 3 aliphatic rings. The first-order valence-electron chi connectivity index (χ1n) is 11.8. The Labute approximate surface area is 193 Å². The molecule has 1 saturated heterocycles. The van der Waals surface area contributed by atoms with Crippen molar-refractivity contribution in [1.29, 1.82) is 0 Å². The van der Waals surface area contributed by atoms with Gasteiger partial charge in [-0.2, -0.15) is 0 Å². The molecule has 0 radical (unpaired) electrons. The van der Waals surface area contributed by atoms with Gasteiger partial charge in [-0.1, -0.05) is 19.1 Å². The fourth-order valence-corrected chi connectivity index (χ4v) is 5.48. The largest absolute Gasteiger partial charge is 0.491 e. The second kappa shape index (κ2) is 8.92. The molecule has 6 nitrogen and oxygen atoms in total. The summed E-state index contributed by atoms with van der Waals surface area (Å²) in [5, 5.41) is 9.07. The minimum atomic E-state index is -0.193. The van der Waals surface area contributed by atoms with Gasteiger partial charge in [-0.15, -0.1) is 0 Å². The number of hydrogen-bond donors (Lipinski definition) is 1. The molecule has 5 rings (SSSR count). The molecule has 0 bridgehead atoms. The van der Waals surface area contributed by atoms with Gasteiger partial charge in [0.15, 0.2) is 11.6 Å². The minimum Gasteiger partial charge on any atom is -0.491 e. The molecule has 2 fully saturated rings. The van der Waals surface area contributed by atoms with E-state index in [0.717, 1.165) is 24.3 Å². The predicted molar refractivity (Wildman–Crippen MR) is 122 cm³/mol. The number of ether oxygens (including phenoxy) is 3. The van der Waals surface area contributed by atoms with Crippen molar-refractivity contribution in [1.82, 2.24) is 0 Å². The quantitative estimate of drug-likeness (QED) is 0.581. The van der Waals surface area contributed by atoms with Crippen molar-refractivity contribution in [3.05, 3.63) is 58.7 Å². The summed E-state index contributed by atoms with van der Waals surface area (Å²) in [5.74, 6) is 2.62. The molecule has 0 amide bonds. The fraction of sp³-hybridized carbons (Fsp3) is 0.481. The number of Topliss-reactive ketones (excluding diaryl/α,β-unsaturated/α-hetero) is 2. The lowest BCUT2D eigenvalue weighted by atomic mass is 9.85. The van der Waals surface area contributed by atoms with Gasteiger partial charge < -0.3 is 19.3 Å². The number of carbonyl (C=O) groups excluding carboxylic acids is 2. The molecule has 1 unspecified atom stereocenters. The third-order valence-corrected chi connectivity index (χ3v) is 7.30. The highest BCUT2D eigenvalue weighted by Gasteiger charge is 2.54. The molecule has 6 heteroatoms. The van der Waals surface area contributed by atoms with E-state index in [4.69, 9.17) is 19.3 Å². The molecule has 2 aromatic rings. The lowest BCUT2D eigenvalue weighted by Gasteiger charge is -2.17. The molecule has 2 aromatic carbocycles. The van der Waals surface area contributed by atoms with Crippen molar-refractivity contribution in [3.8, 4) is 11.5 Å². The smallest absolute Gasteiger partial charge is 0.166 e. The van der Waals surface area contributed by atoms with Crippen LogP contribution in [0.4, 0.5) is 0 Å². The summed E-state index contributed by atoms with van der Waals surface area (Å²) in [6.45, 7) is 5.49. The summed E-state index contributed by atoms with van der Waals surface area (Å²) >= 11 is 0. The van der Waals surface area contributed by atoms with Gasteiger partial charge in [0.05, 0.1) is 25.4 Å². The first-order valence-corrected chi connectivity index (χ1v) is 11.8. The Kier molecular flexibility index (Phi) is 5.97. The minimum absolute atomic E-state index is 0.0227. The second-order valence-corrected chi connectivity index (χ2v) is 9.32. The van der Waals surface area contributed by atoms with Crippen LogP contribution in [-0.4, -0.2) is 49.2 Å². The van der Waals surface area contributed by atoms with Crippen LogP contribution in [0.1, 0.15) is 64.4 Å². The first-order chi connectivity index (χ1) is 16.0. The van der Waals surface area contributed by atoms with Crippen LogP contribution in [0.5, 0.6) is 11.5 Å². The molecule has 0 spiro atoms. The van der Waals surface area contributed by atoms with Crippen LogP contribution in [0.15, 0.2) is 36.4 Å². The van der Waals surface area contributed by atoms with E-state index in [1.54, 1.807) is 6.07 Å². The molecular formula is C27H30O6. The second-order valence-electron chi connectivity index (χ2n) is 9.32. The maximum Gasteiger partial charge on any atom is 0.166 e. The molecule has 0 aromatic heterocycles. The topological polar surface area (TPSA) is 82.1 Å². The number of aliphatic hydroxyl groups is 1. The van der Waals surface area contributed by atoms with Crippen molar-refractivity contribution in [2.24, 2.45) is 17.8 Å². The average molecular weight is 451 g/mol. The van der Waals surface area contributed by atoms with Crippen molar-refractivity contribution >= 4 is 11.6 Å². The average Bonchev–Trinajstić information content (AvgIpc) is 3.15. The van der Waals surface area contributed by atoms with Gasteiger partial charge in [-0.25, -0.2) is 0 Å². The van der Waals surface area contributed by atoms with Gasteiger partial charge in [-0.05, 0) is 54.5 Å². The maximum atomic E-state index is 13.2. The van der Waals surface area contributed by atoms with Crippen LogP contribution >= 0.6 is 0 Å². The summed E-state index contributed by atoms with van der Waals surface area (Å²) in [4.78, 5) is 26.1. The van der Waals surface area contributed by atoms with Crippen LogP contribution in [0.2, 0.25) is 0 Å². The highest BCUT2D eigenvalue weighted by atomic mass is 16.5. The summed E-state index contributed by atoms with van der Waals surface area (Å²) in [7, 11) is 0. The lowest BCUT2D eigenvalue weighted by molar-refractivity contribution is 0.0950. The van der Waals surface area contributed by atoms with Gasteiger partial charge in [0.1, 0.15) is 24.2 Å². The SMILES string of the molecule is CCC(=O)c1cc(C(=O)CC2[C@H]3COC[C@@H]23)cc2c1O[C@H](C)[C@H]2c1cccc(OCCO)c1. The third kappa shape index (κ3) is 4.06. The van der Waals surface area contributed by atoms with Gasteiger partial charge in [0.2, 0.25) is 0 Å². The Bertz CT molecular complexity index is 1070. The van der Waals surface area contributed by atoms with E-state index in [-0.39, 0.29) is 36.8 Å². The zero-order valence-electron chi connectivity index (χ0n) is 19.1. The van der Waals surface area contributed by atoms with Crippen molar-refractivity contribution in [2.45, 2.75) is 38.7 Å². The van der Waals surface area contributed by atoms with Crippen LogP contribution in [0, 0.1) is 17.8 Å². The summed E-state index contributed by atoms with van der Waals surface area (Å²) in [6, 6.07) is 11.4. The van der Waals surface area contributed by atoms with Crippen LogP contribution in [-0.2, 0) is 4.74 Å². The van der Waals surface area contributed by atoms with E-state index >= 15 is 0 Å². The monoisotopic (exact) mass is 450 g/mol. The molecule has 5 atom stereocenters. The van der Waals surface area contributed by atoms with E-state index in [1.807, 2.05) is 44.2 Å². The van der Waals surface area contributed by atoms with E-state index < -0.39 is 0 Å². The normalized spacial score (nSPS) is 26.9. The molecule has 1 aliphatic carbocycles. The number of aliphatic hydroxyl groups excluding tert-OH is 1. The number of benzene rings is 2. The van der Waals surface area contributed by atoms with Gasteiger partial charge in [0.25, 0.3) is 0 Å². The van der Waals surface area contributed by atoms with E-state index in [0.29, 0.717) is 53.2 Å². The summed E-state index contributed by atoms with van der Waals surface area (Å²) in [5.41, 5.74) is 2.96. The fourth-order valence-electron chi connectivity index (χ4n) is 5.48. The Hall–Kier alpha value is -2.70. The number of ketones is 2. The number of carbonyl (C=O) groups is 2. The Balaban J connectivity index is 1.50. The maximum absolute atomic E-state index is 13.2. The van der Waals surface area contributed by atoms with E-state index in [1.165, 1.54) is 0 Å². The standard InChI is InChI=1S/C27H30O6/c1-3-24(29)20-10-17(25(30)12-19-22-13-31-14-23(19)22)11-21-26(15(2)33-27(20)21)16-5-4-6-18(9-16)32-8-7-28/h4-6,9-11,15,19,22-23,26,28H,3,7-8,12-14H2,1-2H3/t15-,19?,22-,23+,26+/m1/s1. The summed E-state index contributed by atoms with van der Waals surface area (Å²) in [6.07, 6.45) is 0.658. The van der Waals surface area contributed by atoms with E-state index in [9.17, 15) is 9.59 Å². The molecule has 1 N–H and O–H groups in total. The van der Waals surface area contributed by atoms with Crippen LogP contribution < -0.4 is 9.47 Å². The Morgan fingerprint density at radius 2 is 1.91 bits per heavy atom. The number of fused-ring (bicyclic) bond motifs is 2. The van der Waals surface area contributed by atoms with Crippen molar-refractivity contribution < 1.29 is 28.9 Å². The van der Waals surface area contributed by atoms with Crippen LogP contribution in [0.3, 0.4) is 0 Å². The highest BCUT2D eigenvalue weighted by Crippen LogP contribution is 2.53. The third-order valence-electron chi connectivity index (χ3n) is 7.30. The molecule has 33 heavy (non-hydrogen) atoms. The zero-order valence-corrected chi connectivity index (χ0v) is 19.1.